The van der Waals surface area contributed by atoms with E-state index in [1.807, 2.05) is 23.1 Å². The number of benzene rings is 1. The van der Waals surface area contributed by atoms with E-state index < -0.39 is 0 Å². The molecule has 3 unspecified atom stereocenters. The number of unbranched alkanes of at least 4 members (excludes halogenated alkanes) is 1. The number of hydrogen-bond acceptors (Lipinski definition) is 7. The van der Waals surface area contributed by atoms with E-state index in [4.69, 9.17) is 20.1 Å². The van der Waals surface area contributed by atoms with Gasteiger partial charge < -0.3 is 20.4 Å². The van der Waals surface area contributed by atoms with E-state index >= 15 is 0 Å². The topological polar surface area (TPSA) is 117 Å². The standard InChI is InChI=1S/C38H46N6O3/c1-24(2)32-33-30-22-29(23-40-35(41-30)31-13-8-20-47-31)34(39)42-36(33)44(38(32)46)18-6-5-9-25-10-7-17-43(19-16-25)37(45)28-15-14-26-11-3-4-12-27(26)21-28/h3-4,8,11-13,20-22,24-25,29,32H,5-7,9-10,14-19,23H2,1-2H3,(H2,39,42)(H,40,41). The third-order valence-electron chi connectivity index (χ3n) is 10.4. The highest BCUT2D eigenvalue weighted by atomic mass is 16.3. The molecule has 7 rings (SSSR count). The van der Waals surface area contributed by atoms with Gasteiger partial charge in [0.1, 0.15) is 11.7 Å². The van der Waals surface area contributed by atoms with Crippen molar-refractivity contribution in [3.63, 3.8) is 0 Å². The number of allylic oxidation sites excluding steroid dienone is 1. The first-order chi connectivity index (χ1) is 22.9. The van der Waals surface area contributed by atoms with Crippen LogP contribution in [0.5, 0.6) is 0 Å². The molecular formula is C38H46N6O3. The number of amides is 2. The van der Waals surface area contributed by atoms with Gasteiger partial charge in [0.2, 0.25) is 11.8 Å². The number of rotatable bonds is 8. The first-order valence-electron chi connectivity index (χ1n) is 17.4. The zero-order valence-electron chi connectivity index (χ0n) is 27.6. The summed E-state index contributed by atoms with van der Waals surface area (Å²) in [6, 6.07) is 12.1. The molecule has 1 fully saturated rings. The number of carbonyl (C=O) groups excluding carboxylic acids is 2. The largest absolute Gasteiger partial charge is 0.461 e. The average molecular weight is 635 g/mol. The van der Waals surface area contributed by atoms with Gasteiger partial charge in [0.05, 0.1) is 24.6 Å². The number of likely N-dealkylation sites (tertiary alicyclic amines) is 1. The van der Waals surface area contributed by atoms with E-state index in [0.29, 0.717) is 42.3 Å². The summed E-state index contributed by atoms with van der Waals surface area (Å²) >= 11 is 0. The van der Waals surface area contributed by atoms with Crippen molar-refractivity contribution in [2.75, 3.05) is 26.2 Å². The molecule has 5 heterocycles. The van der Waals surface area contributed by atoms with Gasteiger partial charge in [0.25, 0.3) is 0 Å². The zero-order valence-corrected chi connectivity index (χ0v) is 27.6. The molecule has 1 saturated heterocycles. The smallest absolute Gasteiger partial charge is 0.249 e. The summed E-state index contributed by atoms with van der Waals surface area (Å²) in [5.74, 6) is 2.96. The van der Waals surface area contributed by atoms with Crippen LogP contribution in [0.4, 0.5) is 0 Å². The maximum Gasteiger partial charge on any atom is 0.249 e. The number of aryl methyl sites for hydroxylation is 1. The van der Waals surface area contributed by atoms with Gasteiger partial charge >= 0.3 is 0 Å². The van der Waals surface area contributed by atoms with Gasteiger partial charge in [-0.2, -0.15) is 0 Å². The summed E-state index contributed by atoms with van der Waals surface area (Å²) in [7, 11) is 0. The molecule has 1 aromatic carbocycles. The lowest BCUT2D eigenvalue weighted by Crippen LogP contribution is -2.34. The molecule has 1 aromatic heterocycles. The maximum absolute atomic E-state index is 14.0. The van der Waals surface area contributed by atoms with Crippen LogP contribution in [-0.4, -0.2) is 59.5 Å². The third kappa shape index (κ3) is 6.32. The molecule has 5 aliphatic rings. The van der Waals surface area contributed by atoms with Crippen LogP contribution >= 0.6 is 0 Å². The molecule has 47 heavy (non-hydrogen) atoms. The Morgan fingerprint density at radius 3 is 2.81 bits per heavy atom. The summed E-state index contributed by atoms with van der Waals surface area (Å²) in [6.45, 7) is 6.91. The second kappa shape index (κ2) is 13.4. The molecule has 1 aliphatic carbocycles. The minimum Gasteiger partial charge on any atom is -0.461 e. The van der Waals surface area contributed by atoms with Crippen LogP contribution in [0, 0.1) is 23.7 Å². The molecule has 0 radical (unpaired) electrons. The van der Waals surface area contributed by atoms with Crippen LogP contribution < -0.4 is 11.1 Å². The number of carbonyl (C=O) groups is 2. The number of nitrogens with two attached hydrogens (primary N) is 1. The highest BCUT2D eigenvalue weighted by Crippen LogP contribution is 2.41. The highest BCUT2D eigenvalue weighted by molar-refractivity contribution is 6.01. The van der Waals surface area contributed by atoms with Crippen LogP contribution in [0.1, 0.15) is 75.7 Å². The Bertz CT molecular complexity index is 1680. The highest BCUT2D eigenvalue weighted by Gasteiger charge is 2.44. The quantitative estimate of drug-likeness (QED) is 0.364. The molecule has 0 spiro atoms. The molecule has 2 aromatic rings. The fourth-order valence-electron chi connectivity index (χ4n) is 7.83. The number of amidine groups is 2. The van der Waals surface area contributed by atoms with Crippen LogP contribution in [0.3, 0.4) is 0 Å². The van der Waals surface area contributed by atoms with E-state index in [0.717, 1.165) is 81.3 Å². The SMILES string of the molecule is CC(C)C1C(=O)N(CCCCC2CCCN(C(=O)C3=Cc4ccccc4CC3)CC2)C2=C1C1=CC(CN=C(c3ccco3)N1)C(N)=N2. The van der Waals surface area contributed by atoms with E-state index in [-0.39, 0.29) is 29.6 Å². The van der Waals surface area contributed by atoms with E-state index in [1.165, 1.54) is 11.1 Å². The van der Waals surface area contributed by atoms with Gasteiger partial charge in [-0.25, -0.2) is 4.99 Å². The van der Waals surface area contributed by atoms with Crippen molar-refractivity contribution in [2.24, 2.45) is 39.4 Å². The predicted octanol–water partition coefficient (Wildman–Crippen LogP) is 5.66. The van der Waals surface area contributed by atoms with Gasteiger partial charge in [0, 0.05) is 36.5 Å². The first-order valence-corrected chi connectivity index (χ1v) is 17.4. The third-order valence-corrected chi connectivity index (χ3v) is 10.4. The van der Waals surface area contributed by atoms with Crippen molar-refractivity contribution >= 4 is 29.6 Å². The second-order valence-corrected chi connectivity index (χ2v) is 13.9. The van der Waals surface area contributed by atoms with Gasteiger partial charge in [0.15, 0.2) is 11.6 Å². The Morgan fingerprint density at radius 1 is 1.11 bits per heavy atom. The number of aliphatic imine (C=N–C) groups is 2. The Morgan fingerprint density at radius 2 is 1.98 bits per heavy atom. The molecule has 3 N–H and O–H groups in total. The second-order valence-electron chi connectivity index (χ2n) is 13.9. The first kappa shape index (κ1) is 31.2. The molecule has 4 aliphatic heterocycles. The summed E-state index contributed by atoms with van der Waals surface area (Å²) in [5, 5.41) is 3.48. The number of hydrogen-bond donors (Lipinski definition) is 2. The summed E-state index contributed by atoms with van der Waals surface area (Å²) < 4.78 is 5.65. The van der Waals surface area contributed by atoms with Crippen LogP contribution in [0.25, 0.3) is 6.08 Å². The summed E-state index contributed by atoms with van der Waals surface area (Å²) in [5.41, 5.74) is 11.8. The Kier molecular flexibility index (Phi) is 8.88. The van der Waals surface area contributed by atoms with Crippen LogP contribution in [-0.2, 0) is 16.0 Å². The lowest BCUT2D eigenvalue weighted by molar-refractivity contribution is -0.131. The minimum atomic E-state index is -0.312. The molecule has 9 heteroatoms. The van der Waals surface area contributed by atoms with Crippen LogP contribution in [0.2, 0.25) is 0 Å². The van der Waals surface area contributed by atoms with Crippen LogP contribution in [0.15, 0.2) is 85.8 Å². The Labute approximate surface area is 277 Å². The fraction of sp³-hybridized carbons (Fsp3) is 0.474. The number of furan rings is 1. The number of nitrogens with one attached hydrogen (secondary N) is 1. The average Bonchev–Trinajstić information content (AvgIpc) is 3.49. The van der Waals surface area contributed by atoms with Crippen molar-refractivity contribution < 1.29 is 14.0 Å². The molecular weight excluding hydrogens is 588 g/mol. The monoisotopic (exact) mass is 634 g/mol. The van der Waals surface area contributed by atoms with Gasteiger partial charge in [-0.3, -0.25) is 19.5 Å². The molecule has 2 bridgehead atoms. The molecule has 0 saturated carbocycles. The molecule has 2 amide bonds. The predicted molar refractivity (Wildman–Crippen MR) is 184 cm³/mol. The summed E-state index contributed by atoms with van der Waals surface area (Å²) in [4.78, 5) is 41.0. The van der Waals surface area contributed by atoms with Crippen molar-refractivity contribution in [3.8, 4) is 0 Å². The lowest BCUT2D eigenvalue weighted by atomic mass is 9.87. The van der Waals surface area contributed by atoms with E-state index in [9.17, 15) is 9.59 Å². The molecule has 246 valence electrons. The van der Waals surface area contributed by atoms with Crippen molar-refractivity contribution in [1.82, 2.24) is 15.1 Å². The van der Waals surface area contributed by atoms with Crippen molar-refractivity contribution in [1.29, 1.82) is 0 Å². The fourth-order valence-corrected chi connectivity index (χ4v) is 7.83. The van der Waals surface area contributed by atoms with Crippen molar-refractivity contribution in [2.45, 2.75) is 65.2 Å². The van der Waals surface area contributed by atoms with Crippen molar-refractivity contribution in [3.05, 3.63) is 88.3 Å². The summed E-state index contributed by atoms with van der Waals surface area (Å²) in [6.07, 6.45) is 13.8. The van der Waals surface area contributed by atoms with E-state index in [1.54, 1.807) is 6.26 Å². The normalized spacial score (nSPS) is 24.3. The lowest BCUT2D eigenvalue weighted by Gasteiger charge is -2.24. The Balaban J connectivity index is 0.979. The van der Waals surface area contributed by atoms with E-state index in [2.05, 4.69) is 54.4 Å². The number of nitrogens with zero attached hydrogens (tertiary/aromatic N) is 4. The minimum absolute atomic E-state index is 0.0895. The molecule has 9 nitrogen and oxygen atoms in total. The van der Waals surface area contributed by atoms with Gasteiger partial charge in [-0.1, -0.05) is 51.0 Å². The van der Waals surface area contributed by atoms with Gasteiger partial charge in [-0.15, -0.1) is 0 Å². The Hall–Kier alpha value is -4.40. The maximum atomic E-state index is 14.0. The zero-order chi connectivity index (χ0) is 32.5. The number of fused-ring (bicyclic) bond motifs is 3. The van der Waals surface area contributed by atoms with Gasteiger partial charge in [-0.05, 0) is 85.8 Å². The molecule has 3 atom stereocenters.